The molecule has 1 heterocycles. The van der Waals surface area contributed by atoms with Gasteiger partial charge in [0.2, 0.25) is 0 Å². The highest BCUT2D eigenvalue weighted by Crippen LogP contribution is 2.27. The van der Waals surface area contributed by atoms with E-state index in [0.717, 1.165) is 37.2 Å². The van der Waals surface area contributed by atoms with Gasteiger partial charge in [0.1, 0.15) is 0 Å². The number of aryl methyl sites for hydroxylation is 1. The molecule has 0 saturated heterocycles. The zero-order valence-electron chi connectivity index (χ0n) is 14.3. The Hall–Kier alpha value is -1.56. The molecule has 0 amide bonds. The topological polar surface area (TPSA) is 63.5 Å². The van der Waals surface area contributed by atoms with Gasteiger partial charge in [-0.2, -0.15) is 5.10 Å². The molecule has 1 aromatic heterocycles. The van der Waals surface area contributed by atoms with Crippen molar-refractivity contribution in [3.63, 3.8) is 0 Å². The lowest BCUT2D eigenvalue weighted by Crippen LogP contribution is -2.38. The molecule has 0 bridgehead atoms. The van der Waals surface area contributed by atoms with Crippen molar-refractivity contribution in [3.05, 3.63) is 17.0 Å². The van der Waals surface area contributed by atoms with Gasteiger partial charge < -0.3 is 15.4 Å². The Bertz CT molecular complexity index is 505. The van der Waals surface area contributed by atoms with Gasteiger partial charge in [-0.15, -0.1) is 0 Å². The molecule has 1 fully saturated rings. The van der Waals surface area contributed by atoms with Crippen LogP contribution < -0.4 is 10.6 Å². The lowest BCUT2D eigenvalue weighted by Gasteiger charge is -2.10. The second-order valence-corrected chi connectivity index (χ2v) is 5.88. The summed E-state index contributed by atoms with van der Waals surface area (Å²) < 4.78 is 7.14. The number of rotatable bonds is 8. The van der Waals surface area contributed by atoms with Gasteiger partial charge in [-0.05, 0) is 39.5 Å². The van der Waals surface area contributed by atoms with Crippen LogP contribution in [0.2, 0.25) is 0 Å². The summed E-state index contributed by atoms with van der Waals surface area (Å²) >= 11 is 0. The van der Waals surface area contributed by atoms with E-state index < -0.39 is 0 Å². The van der Waals surface area contributed by atoms with Crippen LogP contribution in [-0.2, 0) is 17.8 Å². The normalized spacial score (nSPS) is 15.2. The van der Waals surface area contributed by atoms with Crippen LogP contribution in [0.5, 0.6) is 0 Å². The minimum atomic E-state index is 0.657. The molecule has 1 aromatic rings. The lowest BCUT2D eigenvalue weighted by atomic mass is 10.2. The van der Waals surface area contributed by atoms with Crippen molar-refractivity contribution in [2.75, 3.05) is 26.8 Å². The van der Waals surface area contributed by atoms with E-state index in [1.54, 1.807) is 7.11 Å². The Morgan fingerprint density at radius 1 is 1.36 bits per heavy atom. The van der Waals surface area contributed by atoms with Crippen LogP contribution in [0, 0.1) is 19.8 Å². The lowest BCUT2D eigenvalue weighted by molar-refractivity contribution is 0.182. The summed E-state index contributed by atoms with van der Waals surface area (Å²) in [4.78, 5) is 4.71. The fraction of sp³-hybridized carbons (Fsp3) is 0.750. The molecule has 2 rings (SSSR count). The molecule has 0 aliphatic heterocycles. The van der Waals surface area contributed by atoms with Gasteiger partial charge in [0.05, 0.1) is 25.4 Å². The van der Waals surface area contributed by atoms with Gasteiger partial charge in [0.15, 0.2) is 5.96 Å². The summed E-state index contributed by atoms with van der Waals surface area (Å²) in [5.74, 6) is 1.74. The summed E-state index contributed by atoms with van der Waals surface area (Å²) in [6.45, 7) is 10.3. The van der Waals surface area contributed by atoms with E-state index in [0.29, 0.717) is 13.2 Å². The van der Waals surface area contributed by atoms with E-state index in [9.17, 15) is 0 Å². The molecule has 1 aliphatic carbocycles. The maximum absolute atomic E-state index is 5.13. The molecular formula is C16H29N5O. The molecule has 0 radical (unpaired) electrons. The first kappa shape index (κ1) is 16.8. The Morgan fingerprint density at radius 3 is 2.77 bits per heavy atom. The third-order valence-electron chi connectivity index (χ3n) is 4.03. The van der Waals surface area contributed by atoms with E-state index in [2.05, 4.69) is 29.6 Å². The van der Waals surface area contributed by atoms with Gasteiger partial charge in [-0.3, -0.25) is 4.68 Å². The Labute approximate surface area is 133 Å². The largest absolute Gasteiger partial charge is 0.383 e. The SMILES string of the molecule is CCNC(=NCc1c(C)nn(CCOC)c1C)NCC1CC1. The highest BCUT2D eigenvalue weighted by molar-refractivity contribution is 5.79. The molecule has 1 aliphatic rings. The first-order chi connectivity index (χ1) is 10.7. The number of hydrogen-bond acceptors (Lipinski definition) is 3. The number of nitrogens with one attached hydrogen (secondary N) is 2. The second-order valence-electron chi connectivity index (χ2n) is 5.88. The number of aliphatic imine (C=N–C) groups is 1. The molecule has 6 nitrogen and oxygen atoms in total. The van der Waals surface area contributed by atoms with Crippen molar-refractivity contribution >= 4 is 5.96 Å². The molecular weight excluding hydrogens is 278 g/mol. The first-order valence-corrected chi connectivity index (χ1v) is 8.19. The van der Waals surface area contributed by atoms with Crippen molar-refractivity contribution in [1.29, 1.82) is 0 Å². The second kappa shape index (κ2) is 8.17. The van der Waals surface area contributed by atoms with Gasteiger partial charge >= 0.3 is 0 Å². The highest BCUT2D eigenvalue weighted by Gasteiger charge is 2.21. The van der Waals surface area contributed by atoms with Crippen LogP contribution in [0.1, 0.15) is 36.7 Å². The van der Waals surface area contributed by atoms with Crippen LogP contribution in [-0.4, -0.2) is 42.5 Å². The maximum Gasteiger partial charge on any atom is 0.191 e. The van der Waals surface area contributed by atoms with Crippen molar-refractivity contribution < 1.29 is 4.74 Å². The molecule has 0 aromatic carbocycles. The monoisotopic (exact) mass is 307 g/mol. The van der Waals surface area contributed by atoms with Crippen molar-refractivity contribution in [3.8, 4) is 0 Å². The van der Waals surface area contributed by atoms with E-state index in [1.807, 2.05) is 11.6 Å². The maximum atomic E-state index is 5.13. The third kappa shape index (κ3) is 4.73. The number of nitrogens with zero attached hydrogens (tertiary/aromatic N) is 3. The van der Waals surface area contributed by atoms with Crippen LogP contribution in [0.4, 0.5) is 0 Å². The summed E-state index contributed by atoms with van der Waals surface area (Å²) in [5, 5.41) is 11.3. The smallest absolute Gasteiger partial charge is 0.191 e. The predicted octanol–water partition coefficient (Wildman–Crippen LogP) is 1.61. The number of aromatic nitrogens is 2. The van der Waals surface area contributed by atoms with E-state index in [1.165, 1.54) is 24.1 Å². The predicted molar refractivity (Wildman–Crippen MR) is 89.1 cm³/mol. The number of methoxy groups -OCH3 is 1. The van der Waals surface area contributed by atoms with Crippen LogP contribution in [0.3, 0.4) is 0 Å². The first-order valence-electron chi connectivity index (χ1n) is 8.19. The Kier molecular flexibility index (Phi) is 6.24. The molecule has 0 atom stereocenters. The van der Waals surface area contributed by atoms with Gasteiger partial charge in [-0.25, -0.2) is 4.99 Å². The molecule has 22 heavy (non-hydrogen) atoms. The molecule has 1 saturated carbocycles. The number of ether oxygens (including phenoxy) is 1. The molecule has 124 valence electrons. The summed E-state index contributed by atoms with van der Waals surface area (Å²) in [5.41, 5.74) is 3.44. The Balaban J connectivity index is 1.99. The number of hydrogen-bond donors (Lipinski definition) is 2. The van der Waals surface area contributed by atoms with E-state index in [4.69, 9.17) is 9.73 Å². The zero-order valence-corrected chi connectivity index (χ0v) is 14.3. The summed E-state index contributed by atoms with van der Waals surface area (Å²) in [6.07, 6.45) is 2.69. The van der Waals surface area contributed by atoms with Crippen molar-refractivity contribution in [2.45, 2.75) is 46.7 Å². The molecule has 6 heteroatoms. The van der Waals surface area contributed by atoms with Crippen molar-refractivity contribution in [2.24, 2.45) is 10.9 Å². The van der Waals surface area contributed by atoms with Crippen LogP contribution in [0.25, 0.3) is 0 Å². The summed E-state index contributed by atoms with van der Waals surface area (Å²) in [7, 11) is 1.71. The van der Waals surface area contributed by atoms with E-state index >= 15 is 0 Å². The van der Waals surface area contributed by atoms with Gasteiger partial charge in [0.25, 0.3) is 0 Å². The average molecular weight is 307 g/mol. The average Bonchev–Trinajstić information content (AvgIpc) is 3.28. The van der Waals surface area contributed by atoms with Crippen LogP contribution >= 0.6 is 0 Å². The number of guanidine groups is 1. The minimum Gasteiger partial charge on any atom is -0.383 e. The fourth-order valence-electron chi connectivity index (χ4n) is 2.42. The van der Waals surface area contributed by atoms with Gasteiger partial charge in [-0.1, -0.05) is 0 Å². The molecule has 0 unspecified atom stereocenters. The third-order valence-corrected chi connectivity index (χ3v) is 4.03. The summed E-state index contributed by atoms with van der Waals surface area (Å²) in [6, 6.07) is 0. The molecule has 0 spiro atoms. The highest BCUT2D eigenvalue weighted by atomic mass is 16.5. The zero-order chi connectivity index (χ0) is 15.9. The standard InChI is InChI=1S/C16H29N5O/c1-5-17-16(18-10-14-6-7-14)19-11-15-12(2)20-21(13(15)3)8-9-22-4/h14H,5-11H2,1-4H3,(H2,17,18,19). The quantitative estimate of drug-likeness (QED) is 0.566. The van der Waals surface area contributed by atoms with Gasteiger partial charge in [0, 0.05) is 31.5 Å². The molecule has 2 N–H and O–H groups in total. The minimum absolute atomic E-state index is 0.657. The Morgan fingerprint density at radius 2 is 2.14 bits per heavy atom. The fourth-order valence-corrected chi connectivity index (χ4v) is 2.42. The van der Waals surface area contributed by atoms with E-state index in [-0.39, 0.29) is 0 Å². The van der Waals surface area contributed by atoms with Crippen LogP contribution in [0.15, 0.2) is 4.99 Å². The van der Waals surface area contributed by atoms with Crippen molar-refractivity contribution in [1.82, 2.24) is 20.4 Å².